The van der Waals surface area contributed by atoms with Crippen molar-refractivity contribution in [2.75, 3.05) is 33.3 Å². The molecule has 0 unspecified atom stereocenters. The highest BCUT2D eigenvalue weighted by molar-refractivity contribution is 8.18. The van der Waals surface area contributed by atoms with E-state index in [4.69, 9.17) is 9.47 Å². The van der Waals surface area contributed by atoms with E-state index in [0.717, 1.165) is 49.0 Å². The van der Waals surface area contributed by atoms with Gasteiger partial charge in [-0.05, 0) is 53.6 Å². The lowest BCUT2D eigenvalue weighted by molar-refractivity contribution is -0.113. The number of aliphatic imine (C=N–C) groups is 1. The van der Waals surface area contributed by atoms with Crippen LogP contribution in [0, 0.1) is 6.92 Å². The van der Waals surface area contributed by atoms with Crippen molar-refractivity contribution in [3.8, 4) is 11.5 Å². The average molecular weight is 514 g/mol. The number of piperazine rings is 1. The van der Waals surface area contributed by atoms with E-state index >= 15 is 0 Å². The van der Waals surface area contributed by atoms with Gasteiger partial charge in [0.2, 0.25) is 0 Å². The van der Waals surface area contributed by atoms with Crippen molar-refractivity contribution in [1.29, 1.82) is 0 Å². The van der Waals surface area contributed by atoms with Gasteiger partial charge < -0.3 is 14.4 Å². The molecule has 7 heteroatoms. The predicted octanol–water partition coefficient (Wildman–Crippen LogP) is 5.37. The summed E-state index contributed by atoms with van der Waals surface area (Å²) in [5, 5.41) is 0.792. The minimum atomic E-state index is -0.189. The Morgan fingerprint density at radius 3 is 2.41 bits per heavy atom. The van der Waals surface area contributed by atoms with Crippen LogP contribution in [-0.4, -0.2) is 54.2 Å². The fraction of sp³-hybridized carbons (Fsp3) is 0.267. The number of carbonyl (C=O) groups is 1. The number of hydrogen-bond donors (Lipinski definition) is 0. The topological polar surface area (TPSA) is 54.4 Å². The van der Waals surface area contributed by atoms with E-state index in [2.05, 4.69) is 70.2 Å². The van der Waals surface area contributed by atoms with Gasteiger partial charge in [-0.2, -0.15) is 4.99 Å². The van der Waals surface area contributed by atoms with Crippen LogP contribution in [0.3, 0.4) is 0 Å². The van der Waals surface area contributed by atoms with Crippen LogP contribution in [0.4, 0.5) is 0 Å². The van der Waals surface area contributed by atoms with Crippen LogP contribution in [0.1, 0.15) is 22.3 Å². The van der Waals surface area contributed by atoms with Gasteiger partial charge in [0.05, 0.1) is 12.0 Å². The highest BCUT2D eigenvalue weighted by Gasteiger charge is 2.28. The van der Waals surface area contributed by atoms with Crippen LogP contribution < -0.4 is 9.47 Å². The Kier molecular flexibility index (Phi) is 7.92. The number of ether oxygens (including phenoxy) is 2. The first-order valence-corrected chi connectivity index (χ1v) is 13.3. The molecule has 0 aliphatic carbocycles. The van der Waals surface area contributed by atoms with E-state index in [1.165, 1.54) is 22.9 Å². The van der Waals surface area contributed by atoms with E-state index in [9.17, 15) is 4.79 Å². The lowest BCUT2D eigenvalue weighted by Gasteiger charge is -2.35. The van der Waals surface area contributed by atoms with Gasteiger partial charge in [-0.15, -0.1) is 0 Å². The second-order valence-electron chi connectivity index (χ2n) is 9.24. The van der Waals surface area contributed by atoms with Crippen molar-refractivity contribution in [2.45, 2.75) is 20.1 Å². The molecular formula is C30H31N3O3S. The maximum Gasteiger partial charge on any atom is 0.286 e. The van der Waals surface area contributed by atoms with Crippen LogP contribution in [0.5, 0.6) is 11.5 Å². The third kappa shape index (κ3) is 6.42. The molecule has 2 heterocycles. The second kappa shape index (κ2) is 11.7. The lowest BCUT2D eigenvalue weighted by Crippen LogP contribution is -2.47. The van der Waals surface area contributed by atoms with Crippen LogP contribution in [0.25, 0.3) is 6.08 Å². The molecule has 2 aliphatic rings. The van der Waals surface area contributed by atoms with E-state index in [0.29, 0.717) is 23.0 Å². The minimum Gasteiger partial charge on any atom is -0.493 e. The predicted molar refractivity (Wildman–Crippen MR) is 150 cm³/mol. The summed E-state index contributed by atoms with van der Waals surface area (Å²) < 4.78 is 11.6. The van der Waals surface area contributed by atoms with Gasteiger partial charge >= 0.3 is 0 Å². The molecular weight excluding hydrogens is 482 g/mol. The molecule has 0 saturated carbocycles. The number of hydrogen-bond acceptors (Lipinski definition) is 6. The highest BCUT2D eigenvalue weighted by Crippen LogP contribution is 2.34. The summed E-state index contributed by atoms with van der Waals surface area (Å²) in [5.74, 6) is 1.11. The molecule has 6 nitrogen and oxygen atoms in total. The van der Waals surface area contributed by atoms with E-state index < -0.39 is 0 Å². The summed E-state index contributed by atoms with van der Waals surface area (Å²) in [6.45, 7) is 7.09. The molecule has 1 saturated heterocycles. The quantitative estimate of drug-likeness (QED) is 0.396. The molecule has 190 valence electrons. The Labute approximate surface area is 222 Å². The molecule has 0 radical (unpaired) electrons. The Bertz CT molecular complexity index is 1300. The smallest absolute Gasteiger partial charge is 0.286 e. The zero-order valence-corrected chi connectivity index (χ0v) is 22.0. The Hall–Kier alpha value is -3.55. The molecule has 37 heavy (non-hydrogen) atoms. The Morgan fingerprint density at radius 1 is 0.919 bits per heavy atom. The number of rotatable bonds is 7. The summed E-state index contributed by atoms with van der Waals surface area (Å²) in [5.41, 5.74) is 4.51. The number of aryl methyl sites for hydroxylation is 1. The summed E-state index contributed by atoms with van der Waals surface area (Å²) >= 11 is 1.45. The Morgan fingerprint density at radius 2 is 1.68 bits per heavy atom. The van der Waals surface area contributed by atoms with Gasteiger partial charge in [0.1, 0.15) is 6.61 Å². The first-order valence-electron chi connectivity index (χ1n) is 12.5. The number of benzene rings is 3. The van der Waals surface area contributed by atoms with Crippen molar-refractivity contribution in [2.24, 2.45) is 4.99 Å². The third-order valence-electron chi connectivity index (χ3n) is 6.50. The van der Waals surface area contributed by atoms with Crippen molar-refractivity contribution in [1.82, 2.24) is 9.80 Å². The van der Waals surface area contributed by atoms with Crippen LogP contribution in [-0.2, 0) is 17.9 Å². The normalized spacial score (nSPS) is 17.2. The highest BCUT2D eigenvalue weighted by atomic mass is 32.2. The lowest BCUT2D eigenvalue weighted by atomic mass is 10.1. The van der Waals surface area contributed by atoms with Crippen molar-refractivity contribution in [3.05, 3.63) is 100.0 Å². The van der Waals surface area contributed by atoms with Gasteiger partial charge in [0.25, 0.3) is 5.91 Å². The number of carbonyl (C=O) groups excluding carboxylic acids is 1. The first-order chi connectivity index (χ1) is 18.1. The zero-order valence-electron chi connectivity index (χ0n) is 21.2. The molecule has 1 fully saturated rings. The number of nitrogens with zero attached hydrogens (tertiary/aromatic N) is 3. The molecule has 1 amide bonds. The van der Waals surface area contributed by atoms with Crippen LogP contribution >= 0.6 is 11.8 Å². The van der Waals surface area contributed by atoms with Gasteiger partial charge in [0.15, 0.2) is 16.7 Å². The summed E-state index contributed by atoms with van der Waals surface area (Å²) in [6, 6.07) is 24.5. The average Bonchev–Trinajstić information content (AvgIpc) is 3.29. The second-order valence-corrected chi connectivity index (χ2v) is 10.3. The van der Waals surface area contributed by atoms with Crippen molar-refractivity contribution < 1.29 is 14.3 Å². The van der Waals surface area contributed by atoms with Crippen molar-refractivity contribution >= 4 is 28.9 Å². The van der Waals surface area contributed by atoms with E-state index in [1.807, 2.05) is 30.3 Å². The Balaban J connectivity index is 1.18. The molecule has 3 aromatic carbocycles. The molecule has 0 atom stereocenters. The summed E-state index contributed by atoms with van der Waals surface area (Å²) in [7, 11) is 1.62. The maximum atomic E-state index is 12.7. The first kappa shape index (κ1) is 25.1. The van der Waals surface area contributed by atoms with Gasteiger partial charge in [-0.25, -0.2) is 0 Å². The van der Waals surface area contributed by atoms with E-state index in [1.54, 1.807) is 7.11 Å². The molecule has 2 aliphatic heterocycles. The fourth-order valence-electron chi connectivity index (χ4n) is 4.36. The molecule has 3 aromatic rings. The zero-order chi connectivity index (χ0) is 25.6. The van der Waals surface area contributed by atoms with Crippen LogP contribution in [0.2, 0.25) is 0 Å². The number of methoxy groups -OCH3 is 1. The number of thioether (sulfide) groups is 1. The molecule has 0 N–H and O–H groups in total. The molecule has 5 rings (SSSR count). The van der Waals surface area contributed by atoms with Gasteiger partial charge in [-0.3, -0.25) is 9.69 Å². The van der Waals surface area contributed by atoms with Crippen LogP contribution in [0.15, 0.2) is 82.7 Å². The number of amidine groups is 1. The third-order valence-corrected chi connectivity index (χ3v) is 7.55. The van der Waals surface area contributed by atoms with Crippen molar-refractivity contribution in [3.63, 3.8) is 0 Å². The maximum absolute atomic E-state index is 12.7. The minimum absolute atomic E-state index is 0.189. The fourth-order valence-corrected chi connectivity index (χ4v) is 5.33. The number of amides is 1. The summed E-state index contributed by atoms with van der Waals surface area (Å²) in [6.07, 6.45) is 1.88. The molecule has 0 spiro atoms. The molecule has 0 bridgehead atoms. The largest absolute Gasteiger partial charge is 0.493 e. The molecule has 0 aromatic heterocycles. The summed E-state index contributed by atoms with van der Waals surface area (Å²) in [4.78, 5) is 22.3. The van der Waals surface area contributed by atoms with Gasteiger partial charge in [0, 0.05) is 32.7 Å². The van der Waals surface area contributed by atoms with Gasteiger partial charge in [-0.1, -0.05) is 66.2 Å². The monoisotopic (exact) mass is 513 g/mol. The standard InChI is InChI=1S/C30H31N3O3S/c1-22-8-10-24(11-9-22)21-36-26-13-12-25(18-27(26)35-2)19-28-29(34)31-30(37-28)33-16-14-32(15-17-33)20-23-6-4-3-5-7-23/h3-13,18-19H,14-17,20-21H2,1-2H3/b28-19-. The van der Waals surface area contributed by atoms with E-state index in [-0.39, 0.29) is 5.91 Å². The SMILES string of the molecule is COc1cc(/C=C2\SC(N3CCN(Cc4ccccc4)CC3)=NC2=O)ccc1OCc1ccc(C)cc1.